The van der Waals surface area contributed by atoms with Crippen molar-refractivity contribution < 1.29 is 4.39 Å². The minimum Gasteiger partial charge on any atom is -0.367 e. The van der Waals surface area contributed by atoms with Crippen molar-refractivity contribution in [1.82, 2.24) is 9.88 Å². The van der Waals surface area contributed by atoms with Crippen LogP contribution in [0, 0.1) is 17.1 Å². The number of nitriles is 1. The Morgan fingerprint density at radius 2 is 1.92 bits per heavy atom. The molecule has 3 rings (SSSR count). The molecular formula is C18H19FN4S. The fraction of sp³-hybridized carbons (Fsp3) is 0.333. The van der Waals surface area contributed by atoms with Crippen LogP contribution in [0.3, 0.4) is 0 Å². The molecule has 1 aliphatic heterocycles. The van der Waals surface area contributed by atoms with Crippen LogP contribution in [0.5, 0.6) is 0 Å². The number of hydrogen-bond donors (Lipinski definition) is 0. The van der Waals surface area contributed by atoms with Crippen molar-refractivity contribution in [2.24, 2.45) is 0 Å². The van der Waals surface area contributed by atoms with Crippen LogP contribution in [0.4, 0.5) is 10.1 Å². The summed E-state index contributed by atoms with van der Waals surface area (Å²) >= 11 is 1.49. The van der Waals surface area contributed by atoms with Gasteiger partial charge in [0.15, 0.2) is 0 Å². The van der Waals surface area contributed by atoms with Gasteiger partial charge in [-0.25, -0.2) is 9.37 Å². The molecule has 1 aromatic carbocycles. The Morgan fingerprint density at radius 3 is 2.58 bits per heavy atom. The molecule has 24 heavy (non-hydrogen) atoms. The Bertz CT molecular complexity index is 751. The number of aromatic nitrogens is 1. The molecule has 1 saturated heterocycles. The number of hydrogen-bond acceptors (Lipinski definition) is 5. The van der Waals surface area contributed by atoms with E-state index in [1.807, 2.05) is 30.5 Å². The zero-order valence-corrected chi connectivity index (χ0v) is 14.4. The largest absolute Gasteiger partial charge is 0.367 e. The van der Waals surface area contributed by atoms with Crippen molar-refractivity contribution in [2.75, 3.05) is 37.3 Å². The van der Waals surface area contributed by atoms with Crippen LogP contribution >= 0.6 is 11.8 Å². The van der Waals surface area contributed by atoms with Gasteiger partial charge in [0.25, 0.3) is 0 Å². The molecule has 2 heterocycles. The van der Waals surface area contributed by atoms with E-state index in [0.29, 0.717) is 11.3 Å². The Hall–Kier alpha value is -2.10. The second-order valence-corrected chi connectivity index (χ2v) is 6.48. The molecule has 1 aliphatic rings. The first-order valence-corrected chi connectivity index (χ1v) is 9.09. The summed E-state index contributed by atoms with van der Waals surface area (Å²) in [6, 6.07) is 12.8. The van der Waals surface area contributed by atoms with Gasteiger partial charge in [0, 0.05) is 32.7 Å². The highest BCUT2D eigenvalue weighted by atomic mass is 32.2. The molecule has 0 atom stereocenters. The fourth-order valence-electron chi connectivity index (χ4n) is 2.89. The average Bonchev–Trinajstić information content (AvgIpc) is 2.63. The lowest BCUT2D eigenvalue weighted by molar-refractivity contribution is 0.246. The molecule has 124 valence electrons. The summed E-state index contributed by atoms with van der Waals surface area (Å²) in [4.78, 5) is 8.98. The van der Waals surface area contributed by atoms with Crippen LogP contribution in [0.25, 0.3) is 0 Å². The van der Waals surface area contributed by atoms with Gasteiger partial charge in [0.2, 0.25) is 0 Å². The summed E-state index contributed by atoms with van der Waals surface area (Å²) < 4.78 is 13.9. The fourth-order valence-corrected chi connectivity index (χ4v) is 3.43. The third kappa shape index (κ3) is 3.69. The number of rotatable bonds is 4. The average molecular weight is 342 g/mol. The van der Waals surface area contributed by atoms with Gasteiger partial charge in [-0.05, 0) is 30.5 Å². The second-order valence-electron chi connectivity index (χ2n) is 5.69. The standard InChI is InChI=1S/C18H19FN4S/c1-24-18-14(12-20)6-7-15(21-18)13-22-8-10-23(11-9-22)17-5-3-2-4-16(17)19/h2-7H,8-11,13H2,1H3. The monoisotopic (exact) mass is 342 g/mol. The number of piperazine rings is 1. The smallest absolute Gasteiger partial charge is 0.146 e. The molecule has 0 aliphatic carbocycles. The van der Waals surface area contributed by atoms with E-state index in [2.05, 4.69) is 20.9 Å². The van der Waals surface area contributed by atoms with Crippen LogP contribution in [0.2, 0.25) is 0 Å². The van der Waals surface area contributed by atoms with Gasteiger partial charge in [0.1, 0.15) is 16.9 Å². The number of para-hydroxylation sites is 1. The molecule has 2 aromatic rings. The lowest BCUT2D eigenvalue weighted by atomic mass is 10.2. The maximum Gasteiger partial charge on any atom is 0.146 e. The van der Waals surface area contributed by atoms with E-state index in [1.54, 1.807) is 6.07 Å². The van der Waals surface area contributed by atoms with Gasteiger partial charge in [-0.2, -0.15) is 5.26 Å². The molecule has 6 heteroatoms. The summed E-state index contributed by atoms with van der Waals surface area (Å²) in [7, 11) is 0. The minimum atomic E-state index is -0.163. The highest BCUT2D eigenvalue weighted by Crippen LogP contribution is 2.21. The SMILES string of the molecule is CSc1nc(CN2CCN(c3ccccc3F)CC2)ccc1C#N. The zero-order valence-electron chi connectivity index (χ0n) is 13.6. The topological polar surface area (TPSA) is 43.2 Å². The van der Waals surface area contributed by atoms with Crippen molar-refractivity contribution in [3.05, 3.63) is 53.5 Å². The molecule has 1 fully saturated rings. The number of thioether (sulfide) groups is 1. The van der Waals surface area contributed by atoms with E-state index in [9.17, 15) is 4.39 Å². The van der Waals surface area contributed by atoms with Gasteiger partial charge in [-0.1, -0.05) is 12.1 Å². The van der Waals surface area contributed by atoms with Crippen molar-refractivity contribution in [2.45, 2.75) is 11.6 Å². The maximum absolute atomic E-state index is 13.9. The summed E-state index contributed by atoms with van der Waals surface area (Å²) in [6.07, 6.45) is 1.93. The van der Waals surface area contributed by atoms with Gasteiger partial charge in [-0.3, -0.25) is 4.90 Å². The molecule has 0 amide bonds. The molecule has 0 bridgehead atoms. The van der Waals surface area contributed by atoms with Gasteiger partial charge in [0.05, 0.1) is 16.9 Å². The van der Waals surface area contributed by atoms with Crippen LogP contribution in [-0.4, -0.2) is 42.3 Å². The molecule has 0 N–H and O–H groups in total. The number of halogens is 1. The van der Waals surface area contributed by atoms with Gasteiger partial charge >= 0.3 is 0 Å². The van der Waals surface area contributed by atoms with E-state index in [-0.39, 0.29) is 5.82 Å². The molecule has 0 spiro atoms. The van der Waals surface area contributed by atoms with Gasteiger partial charge < -0.3 is 4.90 Å². The van der Waals surface area contributed by atoms with E-state index >= 15 is 0 Å². The minimum absolute atomic E-state index is 0.163. The number of pyridine rings is 1. The first-order valence-electron chi connectivity index (χ1n) is 7.87. The van der Waals surface area contributed by atoms with Crippen LogP contribution in [-0.2, 0) is 6.54 Å². The van der Waals surface area contributed by atoms with Gasteiger partial charge in [-0.15, -0.1) is 11.8 Å². The van der Waals surface area contributed by atoms with Crippen molar-refractivity contribution >= 4 is 17.4 Å². The predicted octanol–water partition coefficient (Wildman–Crippen LogP) is 3.14. The first-order chi connectivity index (χ1) is 11.7. The summed E-state index contributed by atoms with van der Waals surface area (Å²) in [5.41, 5.74) is 2.27. The molecule has 0 saturated carbocycles. The molecule has 0 unspecified atom stereocenters. The van der Waals surface area contributed by atoms with Crippen LogP contribution < -0.4 is 4.90 Å². The lowest BCUT2D eigenvalue weighted by Crippen LogP contribution is -2.46. The number of anilines is 1. The van der Waals surface area contributed by atoms with Crippen LogP contribution in [0.15, 0.2) is 41.4 Å². The zero-order chi connectivity index (χ0) is 16.9. The van der Waals surface area contributed by atoms with E-state index in [4.69, 9.17) is 5.26 Å². The Labute approximate surface area is 145 Å². The van der Waals surface area contributed by atoms with E-state index in [1.165, 1.54) is 17.8 Å². The third-order valence-corrected chi connectivity index (χ3v) is 4.88. The Morgan fingerprint density at radius 1 is 1.17 bits per heavy atom. The Kier molecular flexibility index (Phi) is 5.34. The molecule has 1 aromatic heterocycles. The van der Waals surface area contributed by atoms with Crippen molar-refractivity contribution in [1.29, 1.82) is 5.26 Å². The lowest BCUT2D eigenvalue weighted by Gasteiger charge is -2.36. The third-order valence-electron chi connectivity index (χ3n) is 4.18. The quantitative estimate of drug-likeness (QED) is 0.799. The van der Waals surface area contributed by atoms with Crippen LogP contribution in [0.1, 0.15) is 11.3 Å². The summed E-state index contributed by atoms with van der Waals surface area (Å²) in [5, 5.41) is 9.85. The molecular weight excluding hydrogens is 323 g/mol. The summed E-state index contributed by atoms with van der Waals surface area (Å²) in [6.45, 7) is 4.08. The number of nitrogens with zero attached hydrogens (tertiary/aromatic N) is 4. The maximum atomic E-state index is 13.9. The first kappa shape index (κ1) is 16.7. The molecule has 4 nitrogen and oxygen atoms in total. The van der Waals surface area contributed by atoms with Crippen molar-refractivity contribution in [3.63, 3.8) is 0 Å². The normalized spacial score (nSPS) is 15.3. The van der Waals surface area contributed by atoms with Crippen molar-refractivity contribution in [3.8, 4) is 6.07 Å². The highest BCUT2D eigenvalue weighted by molar-refractivity contribution is 7.98. The second kappa shape index (κ2) is 7.65. The van der Waals surface area contributed by atoms with E-state index < -0.39 is 0 Å². The Balaban J connectivity index is 1.62. The summed E-state index contributed by atoms with van der Waals surface area (Å²) in [5.74, 6) is -0.163. The predicted molar refractivity (Wildman–Crippen MR) is 94.6 cm³/mol. The van der Waals surface area contributed by atoms with E-state index in [0.717, 1.165) is 43.4 Å². The highest BCUT2D eigenvalue weighted by Gasteiger charge is 2.19. The molecule has 0 radical (unpaired) electrons. The number of benzene rings is 1.